The van der Waals surface area contributed by atoms with Crippen LogP contribution < -0.4 is 5.73 Å². The molecule has 1 amide bonds. The van der Waals surface area contributed by atoms with Gasteiger partial charge in [0.1, 0.15) is 5.56 Å². The zero-order chi connectivity index (χ0) is 10.9. The van der Waals surface area contributed by atoms with Gasteiger partial charge in [0.15, 0.2) is 0 Å². The monoisotopic (exact) mass is 214 g/mol. The van der Waals surface area contributed by atoms with Crippen molar-refractivity contribution in [3.63, 3.8) is 0 Å². The molecule has 0 heterocycles. The standard InChI is InChI=1S/C8H7ClN2O3/c1-4-5(9)2-3-6(11(13)14)7(4)8(10)12/h2-3H,1H3,(H2,10,12). The third kappa shape index (κ3) is 1.67. The lowest BCUT2D eigenvalue weighted by Crippen LogP contribution is -2.15. The molecule has 2 N–H and O–H groups in total. The molecule has 0 saturated heterocycles. The van der Waals surface area contributed by atoms with E-state index in [0.29, 0.717) is 5.56 Å². The summed E-state index contributed by atoms with van der Waals surface area (Å²) >= 11 is 5.70. The molecule has 1 aromatic carbocycles. The highest BCUT2D eigenvalue weighted by Crippen LogP contribution is 2.27. The minimum Gasteiger partial charge on any atom is -0.365 e. The first kappa shape index (κ1) is 10.5. The van der Waals surface area contributed by atoms with Crippen LogP contribution >= 0.6 is 11.6 Å². The molecule has 0 spiro atoms. The zero-order valence-corrected chi connectivity index (χ0v) is 8.04. The molecule has 0 aliphatic heterocycles. The number of rotatable bonds is 2. The number of halogens is 1. The van der Waals surface area contributed by atoms with Crippen LogP contribution in [0, 0.1) is 17.0 Å². The molecule has 1 rings (SSSR count). The van der Waals surface area contributed by atoms with Crippen molar-refractivity contribution in [1.29, 1.82) is 0 Å². The van der Waals surface area contributed by atoms with Gasteiger partial charge >= 0.3 is 0 Å². The van der Waals surface area contributed by atoms with E-state index in [1.165, 1.54) is 13.0 Å². The van der Waals surface area contributed by atoms with Crippen molar-refractivity contribution in [3.8, 4) is 0 Å². The summed E-state index contributed by atoms with van der Waals surface area (Å²) in [5.74, 6) is -0.850. The van der Waals surface area contributed by atoms with Gasteiger partial charge in [-0.3, -0.25) is 14.9 Å². The average Bonchev–Trinajstić information content (AvgIpc) is 2.08. The van der Waals surface area contributed by atoms with Gasteiger partial charge in [-0.1, -0.05) is 11.6 Å². The van der Waals surface area contributed by atoms with Crippen LogP contribution in [0.5, 0.6) is 0 Å². The Morgan fingerprint density at radius 3 is 2.57 bits per heavy atom. The van der Waals surface area contributed by atoms with Crippen LogP contribution in [0.4, 0.5) is 5.69 Å². The van der Waals surface area contributed by atoms with Gasteiger partial charge in [-0.2, -0.15) is 0 Å². The van der Waals surface area contributed by atoms with Crippen molar-refractivity contribution in [2.75, 3.05) is 0 Å². The average molecular weight is 215 g/mol. The van der Waals surface area contributed by atoms with E-state index in [1.54, 1.807) is 0 Å². The number of carbonyl (C=O) groups is 1. The van der Waals surface area contributed by atoms with E-state index >= 15 is 0 Å². The fourth-order valence-corrected chi connectivity index (χ4v) is 1.29. The summed E-state index contributed by atoms with van der Waals surface area (Å²) in [6.07, 6.45) is 0. The highest BCUT2D eigenvalue weighted by Gasteiger charge is 2.21. The molecule has 14 heavy (non-hydrogen) atoms. The van der Waals surface area contributed by atoms with Crippen molar-refractivity contribution in [1.82, 2.24) is 0 Å². The second-order valence-electron chi connectivity index (χ2n) is 2.69. The molecule has 0 fully saturated rings. The summed E-state index contributed by atoms with van der Waals surface area (Å²) in [5, 5.41) is 10.8. The molecule has 5 nitrogen and oxygen atoms in total. The Morgan fingerprint density at radius 1 is 1.57 bits per heavy atom. The van der Waals surface area contributed by atoms with Crippen LogP contribution in [0.15, 0.2) is 12.1 Å². The fourth-order valence-electron chi connectivity index (χ4n) is 1.14. The Balaban J connectivity index is 3.53. The molecule has 0 saturated carbocycles. The number of nitrogens with zero attached hydrogens (tertiary/aromatic N) is 1. The molecule has 74 valence electrons. The Bertz CT molecular complexity index is 417. The minimum absolute atomic E-state index is 0.137. The lowest BCUT2D eigenvalue weighted by molar-refractivity contribution is -0.385. The van der Waals surface area contributed by atoms with Crippen LogP contribution in [0.25, 0.3) is 0 Å². The van der Waals surface area contributed by atoms with Gasteiger partial charge in [0.05, 0.1) is 4.92 Å². The number of benzene rings is 1. The van der Waals surface area contributed by atoms with E-state index in [9.17, 15) is 14.9 Å². The van der Waals surface area contributed by atoms with Crippen LogP contribution in [0.2, 0.25) is 5.02 Å². The summed E-state index contributed by atoms with van der Waals surface area (Å²) in [7, 11) is 0. The highest BCUT2D eigenvalue weighted by molar-refractivity contribution is 6.32. The molecule has 6 heteroatoms. The number of nitrogens with two attached hydrogens (primary N) is 1. The van der Waals surface area contributed by atoms with Gasteiger partial charge < -0.3 is 5.73 Å². The quantitative estimate of drug-likeness (QED) is 0.600. The van der Waals surface area contributed by atoms with E-state index in [1.807, 2.05) is 0 Å². The molecule has 1 aromatic rings. The number of nitro groups is 1. The first-order valence-electron chi connectivity index (χ1n) is 3.68. The van der Waals surface area contributed by atoms with Crippen molar-refractivity contribution >= 4 is 23.2 Å². The van der Waals surface area contributed by atoms with Crippen LogP contribution in [0.1, 0.15) is 15.9 Å². The topological polar surface area (TPSA) is 86.2 Å². The third-order valence-corrected chi connectivity index (χ3v) is 2.23. The second-order valence-corrected chi connectivity index (χ2v) is 3.10. The van der Waals surface area contributed by atoms with Crippen molar-refractivity contribution in [3.05, 3.63) is 38.4 Å². The van der Waals surface area contributed by atoms with E-state index in [0.717, 1.165) is 6.07 Å². The number of amides is 1. The Labute approximate surface area is 84.6 Å². The first-order valence-corrected chi connectivity index (χ1v) is 4.06. The summed E-state index contributed by atoms with van der Waals surface area (Å²) < 4.78 is 0. The Morgan fingerprint density at radius 2 is 2.14 bits per heavy atom. The van der Waals surface area contributed by atoms with E-state index in [4.69, 9.17) is 17.3 Å². The van der Waals surface area contributed by atoms with E-state index < -0.39 is 10.8 Å². The normalized spacial score (nSPS) is 9.86. The van der Waals surface area contributed by atoms with E-state index in [-0.39, 0.29) is 16.3 Å². The number of hydrogen-bond donors (Lipinski definition) is 1. The molecular weight excluding hydrogens is 208 g/mol. The zero-order valence-electron chi connectivity index (χ0n) is 7.28. The predicted octanol–water partition coefficient (Wildman–Crippen LogP) is 1.66. The highest BCUT2D eigenvalue weighted by atomic mass is 35.5. The van der Waals surface area contributed by atoms with Crippen molar-refractivity contribution in [2.45, 2.75) is 6.92 Å². The van der Waals surface area contributed by atoms with Crippen molar-refractivity contribution in [2.24, 2.45) is 5.73 Å². The van der Waals surface area contributed by atoms with Gasteiger partial charge in [0, 0.05) is 11.1 Å². The molecule has 0 radical (unpaired) electrons. The smallest absolute Gasteiger partial charge is 0.282 e. The van der Waals surface area contributed by atoms with Gasteiger partial charge in [0.25, 0.3) is 11.6 Å². The third-order valence-electron chi connectivity index (χ3n) is 1.82. The maximum atomic E-state index is 11.0. The number of primary amides is 1. The summed E-state index contributed by atoms with van der Waals surface area (Å²) in [6.45, 7) is 1.51. The lowest BCUT2D eigenvalue weighted by atomic mass is 10.1. The number of carbonyl (C=O) groups excluding carboxylic acids is 1. The van der Waals surface area contributed by atoms with Crippen LogP contribution in [-0.4, -0.2) is 10.8 Å². The maximum absolute atomic E-state index is 11.0. The molecule has 0 aliphatic carbocycles. The predicted molar refractivity (Wildman–Crippen MR) is 51.4 cm³/mol. The first-order chi connectivity index (χ1) is 6.45. The van der Waals surface area contributed by atoms with Gasteiger partial charge in [0.2, 0.25) is 0 Å². The van der Waals surface area contributed by atoms with Crippen LogP contribution in [0.3, 0.4) is 0 Å². The molecule has 0 atom stereocenters. The minimum atomic E-state index is -0.850. The molecule has 0 bridgehead atoms. The fraction of sp³-hybridized carbons (Fsp3) is 0.125. The number of nitro benzene ring substituents is 1. The summed E-state index contributed by atoms with van der Waals surface area (Å²) in [4.78, 5) is 20.8. The number of hydrogen-bond acceptors (Lipinski definition) is 3. The van der Waals surface area contributed by atoms with Crippen LogP contribution in [-0.2, 0) is 0 Å². The van der Waals surface area contributed by atoms with Gasteiger partial charge in [-0.15, -0.1) is 0 Å². The SMILES string of the molecule is Cc1c(Cl)ccc([N+](=O)[O-])c1C(N)=O. The molecule has 0 unspecified atom stereocenters. The van der Waals surface area contributed by atoms with E-state index in [2.05, 4.69) is 0 Å². The largest absolute Gasteiger partial charge is 0.365 e. The Kier molecular flexibility index (Phi) is 2.71. The molecule has 0 aliphatic rings. The van der Waals surface area contributed by atoms with Gasteiger partial charge in [-0.25, -0.2) is 0 Å². The molecule has 0 aromatic heterocycles. The molecular formula is C8H7ClN2O3. The Hall–Kier alpha value is -1.62. The summed E-state index contributed by atoms with van der Waals surface area (Å²) in [5.41, 5.74) is 4.89. The second kappa shape index (κ2) is 3.63. The summed E-state index contributed by atoms with van der Waals surface area (Å²) in [6, 6.07) is 2.52. The lowest BCUT2D eigenvalue weighted by Gasteiger charge is -2.04. The van der Waals surface area contributed by atoms with Gasteiger partial charge in [-0.05, 0) is 18.6 Å². The maximum Gasteiger partial charge on any atom is 0.282 e. The van der Waals surface area contributed by atoms with Crippen molar-refractivity contribution < 1.29 is 9.72 Å².